The van der Waals surface area contributed by atoms with Crippen LogP contribution in [0.25, 0.3) is 0 Å². The highest BCUT2D eigenvalue weighted by molar-refractivity contribution is 6.13. The van der Waals surface area contributed by atoms with Crippen LogP contribution in [0.2, 0.25) is 0 Å². The molecule has 2 aromatic rings. The van der Waals surface area contributed by atoms with E-state index in [1.807, 2.05) is 25.1 Å². The van der Waals surface area contributed by atoms with Gasteiger partial charge in [-0.05, 0) is 55.2 Å². The first-order valence-electron chi connectivity index (χ1n) is 9.78. The Morgan fingerprint density at radius 1 is 1.21 bits per heavy atom. The van der Waals surface area contributed by atoms with Crippen molar-refractivity contribution in [2.45, 2.75) is 32.2 Å². The van der Waals surface area contributed by atoms with Crippen molar-refractivity contribution in [2.75, 3.05) is 23.3 Å². The minimum Gasteiger partial charge on any atom is -0.327 e. The van der Waals surface area contributed by atoms with Crippen molar-refractivity contribution in [3.8, 4) is 0 Å². The fraction of sp³-hybridized carbons (Fsp3) is 0.318. The Morgan fingerprint density at radius 2 is 2.03 bits per heavy atom. The summed E-state index contributed by atoms with van der Waals surface area (Å²) >= 11 is 0. The van der Waals surface area contributed by atoms with Crippen LogP contribution in [-0.4, -0.2) is 41.8 Å². The molecular formula is C22H22FN3O3. The van der Waals surface area contributed by atoms with Gasteiger partial charge in [-0.2, -0.15) is 0 Å². The summed E-state index contributed by atoms with van der Waals surface area (Å²) in [5, 5.41) is 2.80. The first-order chi connectivity index (χ1) is 14.0. The number of carbonyl (C=O) groups excluding carboxylic acids is 3. The number of benzene rings is 2. The zero-order chi connectivity index (χ0) is 20.5. The van der Waals surface area contributed by atoms with Crippen LogP contribution < -0.4 is 10.2 Å². The molecule has 0 saturated carbocycles. The lowest BCUT2D eigenvalue weighted by Gasteiger charge is -2.25. The maximum Gasteiger partial charge on any atom is 0.256 e. The average molecular weight is 395 g/mol. The number of fused-ring (bicyclic) bond motifs is 2. The summed E-state index contributed by atoms with van der Waals surface area (Å²) in [4.78, 5) is 41.5. The number of anilines is 2. The van der Waals surface area contributed by atoms with Crippen LogP contribution >= 0.6 is 0 Å². The van der Waals surface area contributed by atoms with Gasteiger partial charge in [0.05, 0.1) is 11.3 Å². The number of carbonyl (C=O) groups is 3. The zero-order valence-electron chi connectivity index (χ0n) is 16.2. The predicted molar refractivity (Wildman–Crippen MR) is 107 cm³/mol. The number of hydrogen-bond donors (Lipinski definition) is 1. The number of aryl methyl sites for hydroxylation is 1. The molecule has 1 atom stereocenters. The van der Waals surface area contributed by atoms with Gasteiger partial charge in [0.2, 0.25) is 11.8 Å². The van der Waals surface area contributed by atoms with E-state index in [1.165, 1.54) is 21.9 Å². The molecule has 3 amide bonds. The second-order valence-electron chi connectivity index (χ2n) is 7.34. The fourth-order valence-electron chi connectivity index (χ4n) is 4.01. The average Bonchev–Trinajstić information content (AvgIpc) is 3.18. The second-order valence-corrected chi connectivity index (χ2v) is 7.34. The molecule has 7 heteroatoms. The largest absolute Gasteiger partial charge is 0.327 e. The van der Waals surface area contributed by atoms with Crippen molar-refractivity contribution in [1.29, 1.82) is 0 Å². The molecule has 0 aromatic heterocycles. The summed E-state index contributed by atoms with van der Waals surface area (Å²) in [6, 6.07) is 10.6. The van der Waals surface area contributed by atoms with Crippen LogP contribution in [0.15, 0.2) is 42.5 Å². The van der Waals surface area contributed by atoms with E-state index in [2.05, 4.69) is 5.32 Å². The van der Waals surface area contributed by atoms with Gasteiger partial charge < -0.3 is 15.1 Å². The maximum absolute atomic E-state index is 13.9. The van der Waals surface area contributed by atoms with Crippen molar-refractivity contribution < 1.29 is 18.8 Å². The smallest absolute Gasteiger partial charge is 0.256 e. The molecule has 4 rings (SSSR count). The molecule has 150 valence electrons. The summed E-state index contributed by atoms with van der Waals surface area (Å²) in [6.07, 6.45) is 2.10. The van der Waals surface area contributed by atoms with Crippen molar-refractivity contribution in [3.63, 3.8) is 0 Å². The molecule has 2 aliphatic heterocycles. The van der Waals surface area contributed by atoms with E-state index in [0.29, 0.717) is 18.7 Å². The predicted octanol–water partition coefficient (Wildman–Crippen LogP) is 2.98. The molecule has 0 unspecified atom stereocenters. The van der Waals surface area contributed by atoms with E-state index in [0.717, 1.165) is 24.5 Å². The quantitative estimate of drug-likeness (QED) is 0.865. The van der Waals surface area contributed by atoms with Gasteiger partial charge in [-0.3, -0.25) is 14.4 Å². The molecule has 1 saturated heterocycles. The maximum atomic E-state index is 13.9. The van der Waals surface area contributed by atoms with Crippen molar-refractivity contribution >= 4 is 29.1 Å². The van der Waals surface area contributed by atoms with Gasteiger partial charge in [-0.1, -0.05) is 19.1 Å². The van der Waals surface area contributed by atoms with E-state index in [4.69, 9.17) is 0 Å². The number of amides is 3. The number of nitrogens with one attached hydrogen (secondary N) is 1. The monoisotopic (exact) mass is 395 g/mol. The van der Waals surface area contributed by atoms with Crippen LogP contribution in [0.1, 0.15) is 35.7 Å². The third-order valence-corrected chi connectivity index (χ3v) is 5.47. The third kappa shape index (κ3) is 3.60. The number of nitrogens with zero attached hydrogens (tertiary/aromatic N) is 2. The molecule has 2 aromatic carbocycles. The van der Waals surface area contributed by atoms with Crippen molar-refractivity contribution in [3.05, 3.63) is 59.4 Å². The van der Waals surface area contributed by atoms with Gasteiger partial charge in [0.15, 0.2) is 0 Å². The summed E-state index contributed by atoms with van der Waals surface area (Å²) in [5.74, 6) is -1.61. The lowest BCUT2D eigenvalue weighted by atomic mass is 10.1. The van der Waals surface area contributed by atoms with Gasteiger partial charge >= 0.3 is 0 Å². The third-order valence-electron chi connectivity index (χ3n) is 5.47. The zero-order valence-corrected chi connectivity index (χ0v) is 16.2. The van der Waals surface area contributed by atoms with Crippen LogP contribution in [-0.2, 0) is 16.0 Å². The molecule has 0 aliphatic carbocycles. The van der Waals surface area contributed by atoms with Gasteiger partial charge in [-0.15, -0.1) is 0 Å². The summed E-state index contributed by atoms with van der Waals surface area (Å²) in [7, 11) is 0. The summed E-state index contributed by atoms with van der Waals surface area (Å²) < 4.78 is 13.9. The van der Waals surface area contributed by atoms with E-state index < -0.39 is 17.8 Å². The van der Waals surface area contributed by atoms with E-state index in [1.54, 1.807) is 6.07 Å². The first-order valence-corrected chi connectivity index (χ1v) is 9.78. The van der Waals surface area contributed by atoms with E-state index >= 15 is 0 Å². The number of halogens is 1. The van der Waals surface area contributed by atoms with Crippen LogP contribution in [0.4, 0.5) is 15.8 Å². The van der Waals surface area contributed by atoms with Crippen LogP contribution in [0.3, 0.4) is 0 Å². The highest BCUT2D eigenvalue weighted by atomic mass is 19.1. The Bertz CT molecular complexity index is 991. The Kier molecular flexibility index (Phi) is 5.05. The number of rotatable bonds is 4. The Hall–Kier alpha value is -3.22. The van der Waals surface area contributed by atoms with E-state index in [9.17, 15) is 18.8 Å². The molecule has 2 heterocycles. The number of hydrogen-bond acceptors (Lipinski definition) is 3. The van der Waals surface area contributed by atoms with Gasteiger partial charge in [0, 0.05) is 12.2 Å². The molecule has 1 N–H and O–H groups in total. The summed E-state index contributed by atoms with van der Waals surface area (Å²) in [6.45, 7) is 2.21. The molecule has 0 spiro atoms. The Labute approximate surface area is 168 Å². The second kappa shape index (κ2) is 7.66. The molecule has 2 aliphatic rings. The Balaban J connectivity index is 1.64. The molecule has 29 heavy (non-hydrogen) atoms. The van der Waals surface area contributed by atoms with Crippen LogP contribution in [0, 0.1) is 5.82 Å². The van der Waals surface area contributed by atoms with Crippen molar-refractivity contribution in [2.24, 2.45) is 0 Å². The highest BCUT2D eigenvalue weighted by Gasteiger charge is 2.42. The minimum absolute atomic E-state index is 0.145. The Morgan fingerprint density at radius 3 is 2.83 bits per heavy atom. The van der Waals surface area contributed by atoms with Gasteiger partial charge in [0.25, 0.3) is 5.91 Å². The summed E-state index contributed by atoms with van der Waals surface area (Å²) in [5.41, 5.74) is 2.10. The van der Waals surface area contributed by atoms with Crippen molar-refractivity contribution in [1.82, 2.24) is 4.90 Å². The standard InChI is InChI=1S/C22H22FN3O3/c1-2-14-5-3-6-16(11-14)24-20(27)13-26-19-12-15(23)8-9-17(19)21(28)25-10-4-7-18(25)22(26)29/h3,5-6,8-9,11-12,18H,2,4,7,10,13H2,1H3,(H,24,27)/t18-/m0/s1. The van der Waals surface area contributed by atoms with E-state index in [-0.39, 0.29) is 29.6 Å². The molecule has 1 fully saturated rings. The van der Waals surface area contributed by atoms with Crippen LogP contribution in [0.5, 0.6) is 0 Å². The lowest BCUT2D eigenvalue weighted by molar-refractivity contribution is -0.124. The normalized spacial score (nSPS) is 18.3. The SMILES string of the molecule is CCc1cccc(NC(=O)CN2C(=O)[C@@H]3CCCN3C(=O)c3ccc(F)cc32)c1. The molecule has 0 bridgehead atoms. The minimum atomic E-state index is -0.616. The van der Waals surface area contributed by atoms with Gasteiger partial charge in [-0.25, -0.2) is 4.39 Å². The highest BCUT2D eigenvalue weighted by Crippen LogP contribution is 2.33. The molecular weight excluding hydrogens is 373 g/mol. The first kappa shape index (κ1) is 19.1. The lowest BCUT2D eigenvalue weighted by Crippen LogP contribution is -2.47. The topological polar surface area (TPSA) is 69.7 Å². The van der Waals surface area contributed by atoms with Gasteiger partial charge in [0.1, 0.15) is 18.4 Å². The molecule has 6 nitrogen and oxygen atoms in total. The fourth-order valence-corrected chi connectivity index (χ4v) is 4.01. The molecule has 0 radical (unpaired) electrons.